The summed E-state index contributed by atoms with van der Waals surface area (Å²) >= 11 is 0. The Morgan fingerprint density at radius 1 is 1.62 bits per heavy atom. The summed E-state index contributed by atoms with van der Waals surface area (Å²) in [5.41, 5.74) is 7.12. The Labute approximate surface area is 81.8 Å². The zero-order valence-electron chi connectivity index (χ0n) is 8.92. The van der Waals surface area contributed by atoms with Gasteiger partial charge in [-0.15, -0.1) is 0 Å². The Morgan fingerprint density at radius 2 is 2.38 bits per heavy atom. The van der Waals surface area contributed by atoms with E-state index in [0.717, 1.165) is 13.1 Å². The van der Waals surface area contributed by atoms with E-state index in [1.165, 1.54) is 25.9 Å². The van der Waals surface area contributed by atoms with E-state index >= 15 is 0 Å². The number of hydrogen-bond acceptors (Lipinski definition) is 2. The number of nitrogens with zero attached hydrogens (tertiary/aromatic N) is 1. The van der Waals surface area contributed by atoms with Crippen LogP contribution < -0.4 is 5.73 Å². The SMILES string of the molecule is CC1=CCN(CCC(C)CN)CC1. The molecule has 0 bridgehead atoms. The summed E-state index contributed by atoms with van der Waals surface area (Å²) in [7, 11) is 0. The summed E-state index contributed by atoms with van der Waals surface area (Å²) in [6.07, 6.45) is 4.83. The van der Waals surface area contributed by atoms with E-state index < -0.39 is 0 Å². The van der Waals surface area contributed by atoms with Gasteiger partial charge in [-0.2, -0.15) is 0 Å². The smallest absolute Gasteiger partial charge is 0.0165 e. The van der Waals surface area contributed by atoms with Crippen molar-refractivity contribution in [3.05, 3.63) is 11.6 Å². The minimum absolute atomic E-state index is 0.673. The van der Waals surface area contributed by atoms with Gasteiger partial charge < -0.3 is 5.73 Å². The summed E-state index contributed by atoms with van der Waals surface area (Å²) in [5, 5.41) is 0. The fourth-order valence-electron chi connectivity index (χ4n) is 1.54. The number of nitrogens with two attached hydrogens (primary N) is 1. The summed E-state index contributed by atoms with van der Waals surface area (Å²) in [6.45, 7) is 8.86. The molecule has 0 aromatic carbocycles. The molecule has 1 rings (SSSR count). The molecule has 1 unspecified atom stereocenters. The lowest BCUT2D eigenvalue weighted by atomic mass is 10.1. The normalized spacial score (nSPS) is 21.3. The molecule has 0 aromatic rings. The largest absolute Gasteiger partial charge is 0.330 e. The van der Waals surface area contributed by atoms with E-state index in [4.69, 9.17) is 5.73 Å². The summed E-state index contributed by atoms with van der Waals surface area (Å²) in [4.78, 5) is 2.51. The van der Waals surface area contributed by atoms with Gasteiger partial charge in [-0.1, -0.05) is 18.6 Å². The molecule has 1 aliphatic rings. The maximum atomic E-state index is 5.58. The molecule has 0 saturated heterocycles. The minimum Gasteiger partial charge on any atom is -0.330 e. The predicted octanol–water partition coefficient (Wildman–Crippen LogP) is 1.62. The molecule has 0 aromatic heterocycles. The van der Waals surface area contributed by atoms with Crippen molar-refractivity contribution in [2.75, 3.05) is 26.2 Å². The van der Waals surface area contributed by atoms with Crippen LogP contribution in [0.25, 0.3) is 0 Å². The van der Waals surface area contributed by atoms with Gasteiger partial charge in [-0.25, -0.2) is 0 Å². The molecule has 1 heterocycles. The van der Waals surface area contributed by atoms with Crippen LogP contribution in [0.1, 0.15) is 26.7 Å². The van der Waals surface area contributed by atoms with Gasteiger partial charge in [0.25, 0.3) is 0 Å². The zero-order chi connectivity index (χ0) is 9.68. The fourth-order valence-corrected chi connectivity index (χ4v) is 1.54. The van der Waals surface area contributed by atoms with Crippen LogP contribution in [-0.2, 0) is 0 Å². The lowest BCUT2D eigenvalue weighted by Gasteiger charge is -2.26. The lowest BCUT2D eigenvalue weighted by Crippen LogP contribution is -2.31. The van der Waals surface area contributed by atoms with Gasteiger partial charge in [0, 0.05) is 13.1 Å². The van der Waals surface area contributed by atoms with Crippen molar-refractivity contribution in [3.8, 4) is 0 Å². The van der Waals surface area contributed by atoms with Crippen molar-refractivity contribution in [2.45, 2.75) is 26.7 Å². The monoisotopic (exact) mass is 182 g/mol. The van der Waals surface area contributed by atoms with E-state index in [9.17, 15) is 0 Å². The lowest BCUT2D eigenvalue weighted by molar-refractivity contribution is 0.273. The molecule has 0 saturated carbocycles. The highest BCUT2D eigenvalue weighted by molar-refractivity contribution is 5.03. The average molecular weight is 182 g/mol. The van der Waals surface area contributed by atoms with E-state index in [1.807, 2.05) is 0 Å². The zero-order valence-corrected chi connectivity index (χ0v) is 8.92. The molecule has 76 valence electrons. The quantitative estimate of drug-likeness (QED) is 0.669. The molecular formula is C11H22N2. The highest BCUT2D eigenvalue weighted by Crippen LogP contribution is 2.11. The van der Waals surface area contributed by atoms with Crippen LogP contribution in [0.15, 0.2) is 11.6 Å². The van der Waals surface area contributed by atoms with Crippen LogP contribution in [0, 0.1) is 5.92 Å². The molecule has 2 nitrogen and oxygen atoms in total. The first-order valence-corrected chi connectivity index (χ1v) is 5.30. The number of hydrogen-bond donors (Lipinski definition) is 1. The first kappa shape index (κ1) is 10.7. The molecule has 2 N–H and O–H groups in total. The minimum atomic E-state index is 0.673. The van der Waals surface area contributed by atoms with Crippen LogP contribution in [0.4, 0.5) is 0 Å². The standard InChI is InChI=1S/C11H22N2/c1-10-3-6-13(7-4-10)8-5-11(2)9-12/h3,11H,4-9,12H2,1-2H3. The average Bonchev–Trinajstić information content (AvgIpc) is 2.16. The van der Waals surface area contributed by atoms with Crippen molar-refractivity contribution in [1.29, 1.82) is 0 Å². The van der Waals surface area contributed by atoms with Gasteiger partial charge in [0.05, 0.1) is 0 Å². The van der Waals surface area contributed by atoms with Crippen LogP contribution in [0.5, 0.6) is 0 Å². The molecule has 1 aliphatic heterocycles. The third-order valence-electron chi connectivity index (χ3n) is 2.86. The third-order valence-corrected chi connectivity index (χ3v) is 2.86. The molecule has 0 radical (unpaired) electrons. The molecule has 1 atom stereocenters. The van der Waals surface area contributed by atoms with Crippen LogP contribution in [0.3, 0.4) is 0 Å². The van der Waals surface area contributed by atoms with Crippen LogP contribution in [0.2, 0.25) is 0 Å². The second kappa shape index (κ2) is 5.40. The van der Waals surface area contributed by atoms with Gasteiger partial charge in [0.15, 0.2) is 0 Å². The molecule has 2 heteroatoms. The summed E-state index contributed by atoms with van der Waals surface area (Å²) in [5.74, 6) is 0.673. The van der Waals surface area contributed by atoms with E-state index in [0.29, 0.717) is 5.92 Å². The Kier molecular flexibility index (Phi) is 4.46. The molecule has 0 fully saturated rings. The molecule has 0 amide bonds. The number of rotatable bonds is 4. The van der Waals surface area contributed by atoms with Gasteiger partial charge in [-0.05, 0) is 38.8 Å². The van der Waals surface area contributed by atoms with Crippen molar-refractivity contribution >= 4 is 0 Å². The highest BCUT2D eigenvalue weighted by atomic mass is 15.1. The van der Waals surface area contributed by atoms with Crippen molar-refractivity contribution in [1.82, 2.24) is 4.90 Å². The molecule has 0 spiro atoms. The van der Waals surface area contributed by atoms with Gasteiger partial charge in [0.2, 0.25) is 0 Å². The van der Waals surface area contributed by atoms with Crippen LogP contribution >= 0.6 is 0 Å². The van der Waals surface area contributed by atoms with E-state index in [-0.39, 0.29) is 0 Å². The highest BCUT2D eigenvalue weighted by Gasteiger charge is 2.09. The Morgan fingerprint density at radius 3 is 2.92 bits per heavy atom. The van der Waals surface area contributed by atoms with Crippen LogP contribution in [-0.4, -0.2) is 31.1 Å². The summed E-state index contributed by atoms with van der Waals surface area (Å²) < 4.78 is 0. The van der Waals surface area contributed by atoms with Crippen molar-refractivity contribution in [3.63, 3.8) is 0 Å². The fraction of sp³-hybridized carbons (Fsp3) is 0.818. The van der Waals surface area contributed by atoms with Gasteiger partial charge >= 0.3 is 0 Å². The van der Waals surface area contributed by atoms with Gasteiger partial charge in [0.1, 0.15) is 0 Å². The molecular weight excluding hydrogens is 160 g/mol. The first-order valence-electron chi connectivity index (χ1n) is 5.30. The molecule has 13 heavy (non-hydrogen) atoms. The predicted molar refractivity (Wildman–Crippen MR) is 57.6 cm³/mol. The maximum absolute atomic E-state index is 5.58. The second-order valence-corrected chi connectivity index (χ2v) is 4.23. The Hall–Kier alpha value is -0.340. The summed E-state index contributed by atoms with van der Waals surface area (Å²) in [6, 6.07) is 0. The Balaban J connectivity index is 2.16. The van der Waals surface area contributed by atoms with E-state index in [1.54, 1.807) is 5.57 Å². The maximum Gasteiger partial charge on any atom is 0.0165 e. The Bertz CT molecular complexity index is 175. The third kappa shape index (κ3) is 3.92. The first-order chi connectivity index (χ1) is 6.22. The van der Waals surface area contributed by atoms with Gasteiger partial charge in [-0.3, -0.25) is 4.90 Å². The second-order valence-electron chi connectivity index (χ2n) is 4.23. The molecule has 0 aliphatic carbocycles. The van der Waals surface area contributed by atoms with Crippen molar-refractivity contribution < 1.29 is 0 Å². The van der Waals surface area contributed by atoms with E-state index in [2.05, 4.69) is 24.8 Å². The topological polar surface area (TPSA) is 29.3 Å². The van der Waals surface area contributed by atoms with Crippen molar-refractivity contribution in [2.24, 2.45) is 11.7 Å².